The Hall–Kier alpha value is -1.61. The van der Waals surface area contributed by atoms with Gasteiger partial charge >= 0.3 is 5.97 Å². The van der Waals surface area contributed by atoms with E-state index in [4.69, 9.17) is 5.11 Å². The minimum atomic E-state index is -0.923. The topological polar surface area (TPSA) is 40.5 Å². The molecule has 80 valence electrons. The lowest BCUT2D eigenvalue weighted by atomic mass is 10.1. The second-order valence-corrected chi connectivity index (χ2v) is 3.65. The zero-order valence-electron chi connectivity index (χ0n) is 8.97. The standard InChI is InChI=1S/C12H15NO2/c1-13(2)9-11-5-3-4-10(8-11)6-7-12(14)15/h3-8H,9H2,1-2H3,(H,14,15). The van der Waals surface area contributed by atoms with Gasteiger partial charge in [-0.05, 0) is 31.3 Å². The third kappa shape index (κ3) is 4.42. The van der Waals surface area contributed by atoms with E-state index in [1.807, 2.05) is 38.4 Å². The van der Waals surface area contributed by atoms with Gasteiger partial charge in [0.1, 0.15) is 0 Å². The van der Waals surface area contributed by atoms with Crippen LogP contribution < -0.4 is 0 Å². The highest BCUT2D eigenvalue weighted by Crippen LogP contribution is 2.08. The van der Waals surface area contributed by atoms with Crippen molar-refractivity contribution in [1.29, 1.82) is 0 Å². The van der Waals surface area contributed by atoms with Crippen molar-refractivity contribution < 1.29 is 9.90 Å². The molecule has 0 aliphatic rings. The van der Waals surface area contributed by atoms with E-state index in [0.29, 0.717) is 0 Å². The maximum absolute atomic E-state index is 10.3. The smallest absolute Gasteiger partial charge is 0.328 e. The molecule has 1 N–H and O–H groups in total. The van der Waals surface area contributed by atoms with E-state index >= 15 is 0 Å². The molecule has 1 aromatic rings. The number of hydrogen-bond donors (Lipinski definition) is 1. The molecule has 0 aliphatic heterocycles. The molecule has 0 heterocycles. The maximum Gasteiger partial charge on any atom is 0.328 e. The molecule has 0 aliphatic carbocycles. The van der Waals surface area contributed by atoms with Crippen molar-refractivity contribution in [3.8, 4) is 0 Å². The molecular formula is C12H15NO2. The van der Waals surface area contributed by atoms with Crippen LogP contribution in [0.3, 0.4) is 0 Å². The van der Waals surface area contributed by atoms with Crippen LogP contribution in [0.2, 0.25) is 0 Å². The third-order valence-corrected chi connectivity index (χ3v) is 1.87. The number of carboxylic acid groups (broad SMARTS) is 1. The molecule has 0 bridgehead atoms. The summed E-state index contributed by atoms with van der Waals surface area (Å²) in [6.07, 6.45) is 2.75. The van der Waals surface area contributed by atoms with Gasteiger partial charge in [-0.3, -0.25) is 0 Å². The second kappa shape index (κ2) is 5.32. The molecule has 1 rings (SSSR count). The molecule has 0 atom stereocenters. The normalized spacial score (nSPS) is 11.1. The molecule has 15 heavy (non-hydrogen) atoms. The fraction of sp³-hybridized carbons (Fsp3) is 0.250. The van der Waals surface area contributed by atoms with Gasteiger partial charge in [-0.15, -0.1) is 0 Å². The number of carboxylic acids is 1. The first-order valence-electron chi connectivity index (χ1n) is 4.72. The summed E-state index contributed by atoms with van der Waals surface area (Å²) in [5.41, 5.74) is 2.09. The van der Waals surface area contributed by atoms with Gasteiger partial charge in [-0.1, -0.05) is 24.3 Å². The first kappa shape index (κ1) is 11.5. The Bertz CT molecular complexity index is 370. The number of carbonyl (C=O) groups is 1. The molecule has 0 saturated carbocycles. The molecule has 0 spiro atoms. The van der Waals surface area contributed by atoms with Crippen molar-refractivity contribution in [2.75, 3.05) is 14.1 Å². The molecule has 0 fully saturated rings. The van der Waals surface area contributed by atoms with Gasteiger partial charge in [0, 0.05) is 12.6 Å². The zero-order chi connectivity index (χ0) is 11.3. The van der Waals surface area contributed by atoms with Crippen molar-refractivity contribution in [1.82, 2.24) is 4.90 Å². The minimum Gasteiger partial charge on any atom is -0.478 e. The lowest BCUT2D eigenvalue weighted by Crippen LogP contribution is -2.10. The summed E-state index contributed by atoms with van der Waals surface area (Å²) in [6.45, 7) is 0.856. The Balaban J connectivity index is 2.78. The van der Waals surface area contributed by atoms with Gasteiger partial charge in [-0.25, -0.2) is 4.79 Å². The summed E-state index contributed by atoms with van der Waals surface area (Å²) in [7, 11) is 4.00. The number of aliphatic carboxylic acids is 1. The van der Waals surface area contributed by atoms with Crippen LogP contribution in [0.15, 0.2) is 30.3 Å². The van der Waals surface area contributed by atoms with Crippen LogP contribution in [0.4, 0.5) is 0 Å². The lowest BCUT2D eigenvalue weighted by Gasteiger charge is -2.09. The van der Waals surface area contributed by atoms with Crippen molar-refractivity contribution in [3.63, 3.8) is 0 Å². The predicted octanol–water partition coefficient (Wildman–Crippen LogP) is 1.85. The Morgan fingerprint density at radius 1 is 1.47 bits per heavy atom. The molecule has 1 aromatic carbocycles. The summed E-state index contributed by atoms with van der Waals surface area (Å²) >= 11 is 0. The van der Waals surface area contributed by atoms with Gasteiger partial charge in [0.05, 0.1) is 0 Å². The van der Waals surface area contributed by atoms with E-state index in [1.165, 1.54) is 5.56 Å². The van der Waals surface area contributed by atoms with Crippen molar-refractivity contribution >= 4 is 12.0 Å². The molecule has 0 radical (unpaired) electrons. The molecule has 0 unspecified atom stereocenters. The summed E-state index contributed by atoms with van der Waals surface area (Å²) < 4.78 is 0. The van der Waals surface area contributed by atoms with Crippen LogP contribution in [0.25, 0.3) is 6.08 Å². The lowest BCUT2D eigenvalue weighted by molar-refractivity contribution is -0.131. The Morgan fingerprint density at radius 2 is 2.20 bits per heavy atom. The summed E-state index contributed by atoms with van der Waals surface area (Å²) in [5, 5.41) is 8.49. The fourth-order valence-corrected chi connectivity index (χ4v) is 1.33. The highest BCUT2D eigenvalue weighted by Gasteiger charge is 1.96. The molecule has 3 heteroatoms. The number of benzene rings is 1. The van der Waals surface area contributed by atoms with E-state index in [-0.39, 0.29) is 0 Å². The summed E-state index contributed by atoms with van der Waals surface area (Å²) in [4.78, 5) is 12.4. The quantitative estimate of drug-likeness (QED) is 0.762. The van der Waals surface area contributed by atoms with Crippen molar-refractivity contribution in [3.05, 3.63) is 41.5 Å². The van der Waals surface area contributed by atoms with Crippen molar-refractivity contribution in [2.45, 2.75) is 6.54 Å². The van der Waals surface area contributed by atoms with E-state index in [1.54, 1.807) is 6.08 Å². The highest BCUT2D eigenvalue weighted by atomic mass is 16.4. The molecular weight excluding hydrogens is 190 g/mol. The molecule has 3 nitrogen and oxygen atoms in total. The van der Waals surface area contributed by atoms with E-state index in [9.17, 15) is 4.79 Å². The van der Waals surface area contributed by atoms with Crippen LogP contribution in [-0.2, 0) is 11.3 Å². The van der Waals surface area contributed by atoms with Crippen LogP contribution in [0, 0.1) is 0 Å². The number of hydrogen-bond acceptors (Lipinski definition) is 2. The Labute approximate surface area is 89.6 Å². The van der Waals surface area contributed by atoms with Crippen LogP contribution >= 0.6 is 0 Å². The van der Waals surface area contributed by atoms with Gasteiger partial charge in [0.25, 0.3) is 0 Å². The Morgan fingerprint density at radius 3 is 2.80 bits per heavy atom. The average molecular weight is 205 g/mol. The first-order valence-corrected chi connectivity index (χ1v) is 4.72. The molecule has 0 amide bonds. The van der Waals surface area contributed by atoms with Gasteiger partial charge in [0.2, 0.25) is 0 Å². The monoisotopic (exact) mass is 205 g/mol. The molecule has 0 aromatic heterocycles. The fourth-order valence-electron chi connectivity index (χ4n) is 1.33. The minimum absolute atomic E-state index is 0.856. The highest BCUT2D eigenvalue weighted by molar-refractivity contribution is 5.85. The van der Waals surface area contributed by atoms with Gasteiger partial charge < -0.3 is 10.0 Å². The largest absolute Gasteiger partial charge is 0.478 e. The molecule has 0 saturated heterocycles. The van der Waals surface area contributed by atoms with Crippen molar-refractivity contribution in [2.24, 2.45) is 0 Å². The Kier molecular flexibility index (Phi) is 4.06. The van der Waals surface area contributed by atoms with Gasteiger partial charge in [0.15, 0.2) is 0 Å². The van der Waals surface area contributed by atoms with Gasteiger partial charge in [-0.2, -0.15) is 0 Å². The maximum atomic E-state index is 10.3. The first-order chi connectivity index (χ1) is 7.08. The SMILES string of the molecule is CN(C)Cc1cccc(C=CC(=O)O)c1. The summed E-state index contributed by atoms with van der Waals surface area (Å²) in [5.74, 6) is -0.923. The number of nitrogens with zero attached hydrogens (tertiary/aromatic N) is 1. The second-order valence-electron chi connectivity index (χ2n) is 3.65. The van der Waals surface area contributed by atoms with E-state index in [2.05, 4.69) is 4.90 Å². The van der Waals surface area contributed by atoms with Crippen LogP contribution in [-0.4, -0.2) is 30.1 Å². The summed E-state index contributed by atoms with van der Waals surface area (Å²) in [6, 6.07) is 7.83. The third-order valence-electron chi connectivity index (χ3n) is 1.87. The van der Waals surface area contributed by atoms with Crippen LogP contribution in [0.1, 0.15) is 11.1 Å². The zero-order valence-corrected chi connectivity index (χ0v) is 8.97. The van der Waals surface area contributed by atoms with Crippen LogP contribution in [0.5, 0.6) is 0 Å². The number of rotatable bonds is 4. The van der Waals surface area contributed by atoms with E-state index < -0.39 is 5.97 Å². The van der Waals surface area contributed by atoms with E-state index in [0.717, 1.165) is 18.2 Å². The average Bonchev–Trinajstić information content (AvgIpc) is 2.14. The predicted molar refractivity (Wildman–Crippen MR) is 60.5 cm³/mol.